The van der Waals surface area contributed by atoms with Crippen molar-refractivity contribution in [3.8, 4) is 0 Å². The maximum absolute atomic E-state index is 5.84. The molecule has 1 aromatic heterocycles. The Morgan fingerprint density at radius 3 is 2.61 bits per heavy atom. The Labute approximate surface area is 168 Å². The number of benzene rings is 1. The first-order valence-electron chi connectivity index (χ1n) is 10.9. The van der Waals surface area contributed by atoms with E-state index in [0.29, 0.717) is 12.6 Å². The van der Waals surface area contributed by atoms with Crippen molar-refractivity contribution in [2.75, 3.05) is 20.2 Å². The predicted octanol–water partition coefficient (Wildman–Crippen LogP) is 4.63. The van der Waals surface area contributed by atoms with Gasteiger partial charge in [0.2, 0.25) is 5.89 Å². The summed E-state index contributed by atoms with van der Waals surface area (Å²) in [6.45, 7) is 4.74. The number of aromatic nitrogens is 2. The molecule has 0 bridgehead atoms. The van der Waals surface area contributed by atoms with Gasteiger partial charge in [0.1, 0.15) is 0 Å². The third kappa shape index (κ3) is 4.31. The van der Waals surface area contributed by atoms with Crippen LogP contribution in [0.4, 0.5) is 0 Å². The van der Waals surface area contributed by atoms with E-state index in [4.69, 9.17) is 14.2 Å². The van der Waals surface area contributed by atoms with Crippen molar-refractivity contribution in [2.45, 2.75) is 76.4 Å². The minimum atomic E-state index is -0.0794. The Morgan fingerprint density at radius 1 is 1.11 bits per heavy atom. The molecular formula is C23H33N3O2. The van der Waals surface area contributed by atoms with Gasteiger partial charge in [-0.2, -0.15) is 4.98 Å². The number of ether oxygens (including phenoxy) is 1. The van der Waals surface area contributed by atoms with Crippen LogP contribution in [0.25, 0.3) is 0 Å². The summed E-state index contributed by atoms with van der Waals surface area (Å²) in [5, 5.41) is 4.43. The highest BCUT2D eigenvalue weighted by atomic mass is 16.5. The minimum Gasteiger partial charge on any atom is -0.378 e. The Hall–Kier alpha value is -1.72. The van der Waals surface area contributed by atoms with Crippen LogP contribution in [-0.4, -0.2) is 41.3 Å². The van der Waals surface area contributed by atoms with Crippen LogP contribution in [0.2, 0.25) is 0 Å². The molecule has 0 N–H and O–H groups in total. The smallest absolute Gasteiger partial charge is 0.240 e. The normalized spacial score (nSPS) is 22.0. The van der Waals surface area contributed by atoms with Crippen molar-refractivity contribution in [1.29, 1.82) is 0 Å². The van der Waals surface area contributed by atoms with Gasteiger partial charge in [0.15, 0.2) is 5.82 Å². The molecule has 1 aromatic carbocycles. The Morgan fingerprint density at radius 2 is 1.89 bits per heavy atom. The van der Waals surface area contributed by atoms with Gasteiger partial charge in [0, 0.05) is 13.2 Å². The molecule has 2 fully saturated rings. The highest BCUT2D eigenvalue weighted by Crippen LogP contribution is 2.45. The zero-order valence-corrected chi connectivity index (χ0v) is 17.3. The van der Waals surface area contributed by atoms with E-state index in [1.54, 1.807) is 0 Å². The van der Waals surface area contributed by atoms with Crippen LogP contribution in [0.3, 0.4) is 0 Å². The second-order valence-corrected chi connectivity index (χ2v) is 8.68. The van der Waals surface area contributed by atoms with Crippen molar-refractivity contribution < 1.29 is 9.26 Å². The van der Waals surface area contributed by atoms with E-state index in [1.807, 2.05) is 0 Å². The van der Waals surface area contributed by atoms with Crippen molar-refractivity contribution >= 4 is 0 Å². The van der Waals surface area contributed by atoms with Gasteiger partial charge >= 0.3 is 0 Å². The van der Waals surface area contributed by atoms with Crippen LogP contribution in [0, 0.1) is 6.92 Å². The van der Waals surface area contributed by atoms with Gasteiger partial charge in [0.25, 0.3) is 0 Å². The van der Waals surface area contributed by atoms with Gasteiger partial charge in [-0.3, -0.25) is 4.90 Å². The molecule has 1 aliphatic carbocycles. The van der Waals surface area contributed by atoms with Gasteiger partial charge < -0.3 is 9.26 Å². The Kier molecular flexibility index (Phi) is 6.12. The van der Waals surface area contributed by atoms with Crippen LogP contribution in [0.1, 0.15) is 74.2 Å². The maximum Gasteiger partial charge on any atom is 0.240 e. The second kappa shape index (κ2) is 8.75. The summed E-state index contributed by atoms with van der Waals surface area (Å²) in [4.78, 5) is 7.11. The second-order valence-electron chi connectivity index (χ2n) is 8.68. The first-order valence-corrected chi connectivity index (χ1v) is 10.9. The zero-order valence-electron chi connectivity index (χ0n) is 17.3. The summed E-state index contributed by atoms with van der Waals surface area (Å²) < 4.78 is 11.5. The molecule has 2 heterocycles. The summed E-state index contributed by atoms with van der Waals surface area (Å²) in [6.07, 6.45) is 9.83. The predicted molar refractivity (Wildman–Crippen MR) is 109 cm³/mol. The van der Waals surface area contributed by atoms with Crippen LogP contribution < -0.4 is 0 Å². The van der Waals surface area contributed by atoms with E-state index in [2.05, 4.69) is 48.3 Å². The molecule has 28 heavy (non-hydrogen) atoms. The molecule has 1 saturated carbocycles. The van der Waals surface area contributed by atoms with E-state index < -0.39 is 0 Å². The molecule has 2 aromatic rings. The molecule has 0 unspecified atom stereocenters. The van der Waals surface area contributed by atoms with E-state index >= 15 is 0 Å². The lowest BCUT2D eigenvalue weighted by molar-refractivity contribution is 0.00602. The first-order chi connectivity index (χ1) is 13.7. The van der Waals surface area contributed by atoms with E-state index in [9.17, 15) is 0 Å². The van der Waals surface area contributed by atoms with Crippen LogP contribution in [0.15, 0.2) is 28.8 Å². The maximum atomic E-state index is 5.84. The molecule has 2 aliphatic rings. The van der Waals surface area contributed by atoms with Gasteiger partial charge in [-0.05, 0) is 58.1 Å². The quantitative estimate of drug-likeness (QED) is 0.698. The van der Waals surface area contributed by atoms with Crippen LogP contribution in [0.5, 0.6) is 0 Å². The minimum absolute atomic E-state index is 0.0794. The topological polar surface area (TPSA) is 51.4 Å². The van der Waals surface area contributed by atoms with E-state index in [0.717, 1.165) is 44.1 Å². The average Bonchev–Trinajstić information content (AvgIpc) is 3.38. The van der Waals surface area contributed by atoms with Crippen molar-refractivity contribution in [1.82, 2.24) is 15.0 Å². The van der Waals surface area contributed by atoms with Gasteiger partial charge in [0.05, 0.1) is 18.1 Å². The monoisotopic (exact) mass is 383 g/mol. The van der Waals surface area contributed by atoms with Crippen LogP contribution >= 0.6 is 0 Å². The Bertz CT molecular complexity index is 743. The number of hydrogen-bond acceptors (Lipinski definition) is 5. The fraction of sp³-hybridized carbons (Fsp3) is 0.652. The van der Waals surface area contributed by atoms with Crippen molar-refractivity contribution in [2.24, 2.45) is 0 Å². The molecule has 0 radical (unpaired) electrons. The standard InChI is InChI=1S/C23H33N3O2/c1-18-8-10-19(11-9-18)23(13-4-5-14-23)22-24-21(28-25-22)17-26(2)15-12-20-7-3-6-16-27-20/h8-11,20H,3-7,12-17H2,1-2H3/t20-/m0/s1. The third-order valence-corrected chi connectivity index (χ3v) is 6.47. The first kappa shape index (κ1) is 19.6. The zero-order chi connectivity index (χ0) is 19.4. The molecule has 0 amide bonds. The largest absolute Gasteiger partial charge is 0.378 e. The molecule has 5 nitrogen and oxygen atoms in total. The van der Waals surface area contributed by atoms with Crippen molar-refractivity contribution in [3.63, 3.8) is 0 Å². The number of nitrogens with zero attached hydrogens (tertiary/aromatic N) is 3. The van der Waals surface area contributed by atoms with Gasteiger partial charge in [-0.15, -0.1) is 0 Å². The van der Waals surface area contributed by atoms with Gasteiger partial charge in [-0.1, -0.05) is 47.8 Å². The Balaban J connectivity index is 1.41. The van der Waals surface area contributed by atoms with E-state index in [1.165, 1.54) is 43.2 Å². The molecular weight excluding hydrogens is 350 g/mol. The van der Waals surface area contributed by atoms with E-state index in [-0.39, 0.29) is 5.41 Å². The fourth-order valence-electron chi connectivity index (χ4n) is 4.72. The van der Waals surface area contributed by atoms with Gasteiger partial charge in [-0.25, -0.2) is 0 Å². The summed E-state index contributed by atoms with van der Waals surface area (Å²) in [7, 11) is 2.12. The lowest BCUT2D eigenvalue weighted by Gasteiger charge is -2.26. The average molecular weight is 384 g/mol. The molecule has 4 rings (SSSR count). The number of hydrogen-bond donors (Lipinski definition) is 0. The summed E-state index contributed by atoms with van der Waals surface area (Å²) >= 11 is 0. The lowest BCUT2D eigenvalue weighted by Crippen LogP contribution is -2.27. The molecule has 1 atom stereocenters. The highest BCUT2D eigenvalue weighted by molar-refractivity contribution is 5.35. The lowest BCUT2D eigenvalue weighted by atomic mass is 9.78. The highest BCUT2D eigenvalue weighted by Gasteiger charge is 2.41. The summed E-state index contributed by atoms with van der Waals surface area (Å²) in [5.74, 6) is 1.59. The number of aryl methyl sites for hydroxylation is 1. The fourth-order valence-corrected chi connectivity index (χ4v) is 4.72. The SMILES string of the molecule is Cc1ccc(C2(c3noc(CN(C)CC[C@@H]4CCCCO4)n3)CCCC2)cc1. The molecule has 0 spiro atoms. The van der Waals surface area contributed by atoms with Crippen molar-refractivity contribution in [3.05, 3.63) is 47.1 Å². The molecule has 1 saturated heterocycles. The third-order valence-electron chi connectivity index (χ3n) is 6.47. The summed E-state index contributed by atoms with van der Waals surface area (Å²) in [5.41, 5.74) is 2.53. The summed E-state index contributed by atoms with van der Waals surface area (Å²) in [6, 6.07) is 8.87. The molecule has 152 valence electrons. The van der Waals surface area contributed by atoms with Crippen LogP contribution in [-0.2, 0) is 16.7 Å². The molecule has 1 aliphatic heterocycles. The molecule has 5 heteroatoms. The number of rotatable bonds is 7.